The lowest BCUT2D eigenvalue weighted by Gasteiger charge is -2.44. The smallest absolute Gasteiger partial charge is 0.254 e. The van der Waals surface area contributed by atoms with Crippen LogP contribution in [0.15, 0.2) is 77.6 Å². The van der Waals surface area contributed by atoms with Crippen LogP contribution >= 0.6 is 0 Å². The first kappa shape index (κ1) is 27.0. The number of likely N-dealkylation sites (N-methyl/N-ethyl adjacent to an activating group) is 1. The van der Waals surface area contributed by atoms with Gasteiger partial charge in [0, 0.05) is 75.1 Å². The second-order valence-corrected chi connectivity index (χ2v) is 11.3. The number of benzene rings is 2. The van der Waals surface area contributed by atoms with E-state index in [2.05, 4.69) is 28.1 Å². The third-order valence-corrected chi connectivity index (χ3v) is 8.66. The Balaban J connectivity index is 1.28. The fraction of sp³-hybridized carbons (Fsp3) is 0.364. The molecule has 212 valence electrons. The number of nitrogens with zero attached hydrogens (tertiary/aromatic N) is 4. The zero-order valence-electron chi connectivity index (χ0n) is 23.5. The molecular formula is C33H37N5O3. The summed E-state index contributed by atoms with van der Waals surface area (Å²) in [7, 11) is 0. The van der Waals surface area contributed by atoms with Gasteiger partial charge in [-0.2, -0.15) is 0 Å². The molecule has 3 aromatic rings. The first-order chi connectivity index (χ1) is 20.0. The third kappa shape index (κ3) is 5.84. The molecule has 41 heavy (non-hydrogen) atoms. The van der Waals surface area contributed by atoms with Gasteiger partial charge in [0.1, 0.15) is 0 Å². The summed E-state index contributed by atoms with van der Waals surface area (Å²) in [5, 5.41) is 3.08. The molecule has 2 saturated heterocycles. The molecule has 0 aliphatic carbocycles. The predicted molar refractivity (Wildman–Crippen MR) is 162 cm³/mol. The third-order valence-electron chi connectivity index (χ3n) is 8.66. The lowest BCUT2D eigenvalue weighted by atomic mass is 9.83. The highest BCUT2D eigenvalue weighted by Crippen LogP contribution is 2.39. The summed E-state index contributed by atoms with van der Waals surface area (Å²) >= 11 is 0. The normalized spacial score (nSPS) is 20.6. The number of anilines is 2. The maximum absolute atomic E-state index is 13.5. The summed E-state index contributed by atoms with van der Waals surface area (Å²) in [6.45, 7) is 8.49. The number of rotatable bonds is 6. The number of pyridine rings is 1. The SMILES string of the molecule is CCN1CCN(C(=O)c2ccc(N3CC4CC(C3)c3cccc(=O)n3C4)c(NC(=O)C=Cc3ccccc3)c2)CC1. The van der Waals surface area contributed by atoms with Crippen molar-refractivity contribution in [3.63, 3.8) is 0 Å². The van der Waals surface area contributed by atoms with E-state index in [0.717, 1.165) is 56.1 Å². The summed E-state index contributed by atoms with van der Waals surface area (Å²) in [5.74, 6) is 0.310. The van der Waals surface area contributed by atoms with Crippen molar-refractivity contribution in [1.82, 2.24) is 14.4 Å². The van der Waals surface area contributed by atoms with E-state index in [1.165, 1.54) is 6.08 Å². The van der Waals surface area contributed by atoms with Crippen LogP contribution in [0.1, 0.15) is 40.9 Å². The van der Waals surface area contributed by atoms with Crippen LogP contribution < -0.4 is 15.8 Å². The van der Waals surface area contributed by atoms with E-state index in [9.17, 15) is 14.4 Å². The Bertz CT molecular complexity index is 1510. The van der Waals surface area contributed by atoms with Crippen LogP contribution in [0, 0.1) is 5.92 Å². The first-order valence-electron chi connectivity index (χ1n) is 14.6. The average Bonchev–Trinajstić information content (AvgIpc) is 3.00. The zero-order chi connectivity index (χ0) is 28.3. The predicted octanol–water partition coefficient (Wildman–Crippen LogP) is 3.90. The fourth-order valence-electron chi connectivity index (χ4n) is 6.50. The van der Waals surface area contributed by atoms with Gasteiger partial charge >= 0.3 is 0 Å². The number of nitrogens with one attached hydrogen (secondary N) is 1. The zero-order valence-corrected chi connectivity index (χ0v) is 23.5. The van der Waals surface area contributed by atoms with Gasteiger partial charge in [-0.3, -0.25) is 14.4 Å². The van der Waals surface area contributed by atoms with Crippen LogP contribution in [0.4, 0.5) is 11.4 Å². The van der Waals surface area contributed by atoms with Crippen LogP contribution in [0.2, 0.25) is 0 Å². The lowest BCUT2D eigenvalue weighted by molar-refractivity contribution is -0.111. The second kappa shape index (κ2) is 11.7. The van der Waals surface area contributed by atoms with Gasteiger partial charge in [0.25, 0.3) is 11.5 Å². The van der Waals surface area contributed by atoms with Crippen LogP contribution in [0.5, 0.6) is 0 Å². The number of hydrogen-bond donors (Lipinski definition) is 1. The minimum absolute atomic E-state index is 0.00792. The van der Waals surface area contributed by atoms with Crippen molar-refractivity contribution in [2.24, 2.45) is 5.92 Å². The highest BCUT2D eigenvalue weighted by atomic mass is 16.2. The maximum Gasteiger partial charge on any atom is 0.254 e. The van der Waals surface area contributed by atoms with Gasteiger partial charge in [0.05, 0.1) is 11.4 Å². The van der Waals surface area contributed by atoms with Crippen molar-refractivity contribution in [1.29, 1.82) is 0 Å². The van der Waals surface area contributed by atoms with E-state index in [4.69, 9.17) is 0 Å². The van der Waals surface area contributed by atoms with Gasteiger partial charge in [-0.25, -0.2) is 0 Å². The molecule has 1 aromatic heterocycles. The van der Waals surface area contributed by atoms with Crippen LogP contribution in [-0.4, -0.2) is 72.0 Å². The van der Waals surface area contributed by atoms with Gasteiger partial charge in [-0.05, 0) is 54.8 Å². The summed E-state index contributed by atoms with van der Waals surface area (Å²) in [6.07, 6.45) is 4.37. The van der Waals surface area contributed by atoms with Gasteiger partial charge in [0.15, 0.2) is 0 Å². The van der Waals surface area contributed by atoms with Gasteiger partial charge in [0.2, 0.25) is 5.91 Å². The molecule has 2 atom stereocenters. The fourth-order valence-corrected chi connectivity index (χ4v) is 6.50. The number of piperazine rings is 1. The number of aromatic nitrogens is 1. The minimum Gasteiger partial charge on any atom is -0.369 e. The number of hydrogen-bond acceptors (Lipinski definition) is 5. The number of fused-ring (bicyclic) bond motifs is 4. The molecule has 0 saturated carbocycles. The summed E-state index contributed by atoms with van der Waals surface area (Å²) in [5.41, 5.74) is 4.20. The Kier molecular flexibility index (Phi) is 7.74. The standard InChI is InChI=1S/C33H37N5O3/c1-2-35-15-17-36(18-16-35)33(41)26-12-13-30(28(20-26)34-31(39)14-11-24-7-4-3-5-8-24)37-21-25-19-27(23-37)29-9-6-10-32(40)38(29)22-25/h3-14,20,25,27H,2,15-19,21-23H2,1H3,(H,34,39). The van der Waals surface area contributed by atoms with Gasteiger partial charge < -0.3 is 24.6 Å². The molecule has 2 bridgehead atoms. The van der Waals surface area contributed by atoms with Crippen molar-refractivity contribution in [3.05, 3.63) is 100.0 Å². The Labute approximate surface area is 240 Å². The average molecular weight is 552 g/mol. The second-order valence-electron chi connectivity index (χ2n) is 11.3. The molecule has 3 aliphatic rings. The molecule has 6 rings (SSSR count). The highest BCUT2D eigenvalue weighted by Gasteiger charge is 2.35. The van der Waals surface area contributed by atoms with E-state index in [-0.39, 0.29) is 23.3 Å². The van der Waals surface area contributed by atoms with Gasteiger partial charge in [-0.1, -0.05) is 43.3 Å². The summed E-state index contributed by atoms with van der Waals surface area (Å²) < 4.78 is 1.92. The molecule has 3 aliphatic heterocycles. The molecular weight excluding hydrogens is 514 g/mol. The number of piperidine rings is 1. The van der Waals surface area contributed by atoms with E-state index < -0.39 is 0 Å². The van der Waals surface area contributed by atoms with Crippen LogP contribution in [-0.2, 0) is 11.3 Å². The highest BCUT2D eigenvalue weighted by molar-refractivity contribution is 6.05. The monoisotopic (exact) mass is 551 g/mol. The Morgan fingerprint density at radius 1 is 0.927 bits per heavy atom. The van der Waals surface area contributed by atoms with Crippen molar-refractivity contribution in [2.45, 2.75) is 25.8 Å². The van der Waals surface area contributed by atoms with E-state index in [1.54, 1.807) is 12.1 Å². The first-order valence-corrected chi connectivity index (χ1v) is 14.6. The van der Waals surface area contributed by atoms with Crippen molar-refractivity contribution in [2.75, 3.05) is 56.0 Å². The van der Waals surface area contributed by atoms with Crippen LogP contribution in [0.25, 0.3) is 6.08 Å². The molecule has 2 unspecified atom stereocenters. The van der Waals surface area contributed by atoms with Crippen molar-refractivity contribution >= 4 is 29.3 Å². The Hall–Kier alpha value is -4.17. The molecule has 4 heterocycles. The topological polar surface area (TPSA) is 77.9 Å². The number of carbonyl (C=O) groups excluding carboxylic acids is 2. The molecule has 2 aromatic carbocycles. The Morgan fingerprint density at radius 3 is 2.51 bits per heavy atom. The quantitative estimate of drug-likeness (QED) is 0.471. The maximum atomic E-state index is 13.5. The lowest BCUT2D eigenvalue weighted by Crippen LogP contribution is -2.48. The van der Waals surface area contributed by atoms with E-state index in [0.29, 0.717) is 36.8 Å². The van der Waals surface area contributed by atoms with E-state index >= 15 is 0 Å². The molecule has 8 nitrogen and oxygen atoms in total. The van der Waals surface area contributed by atoms with Crippen molar-refractivity contribution < 1.29 is 9.59 Å². The van der Waals surface area contributed by atoms with Gasteiger partial charge in [-0.15, -0.1) is 0 Å². The van der Waals surface area contributed by atoms with Crippen LogP contribution in [0.3, 0.4) is 0 Å². The number of amides is 2. The number of carbonyl (C=O) groups is 2. The molecule has 0 radical (unpaired) electrons. The van der Waals surface area contributed by atoms with E-state index in [1.807, 2.05) is 64.1 Å². The molecule has 2 amide bonds. The largest absolute Gasteiger partial charge is 0.369 e. The Morgan fingerprint density at radius 2 is 1.73 bits per heavy atom. The van der Waals surface area contributed by atoms with Crippen molar-refractivity contribution in [3.8, 4) is 0 Å². The molecule has 8 heteroatoms. The molecule has 2 fully saturated rings. The molecule has 1 N–H and O–H groups in total. The molecule has 0 spiro atoms. The summed E-state index contributed by atoms with van der Waals surface area (Å²) in [6, 6.07) is 20.9. The summed E-state index contributed by atoms with van der Waals surface area (Å²) in [4.78, 5) is 45.7. The minimum atomic E-state index is -0.245.